The summed E-state index contributed by atoms with van der Waals surface area (Å²) in [7, 11) is 1.54. The largest absolute Gasteiger partial charge is 0.496 e. The summed E-state index contributed by atoms with van der Waals surface area (Å²) in [6.45, 7) is 6.85. The molecule has 0 amide bonds. The van der Waals surface area contributed by atoms with E-state index >= 15 is 0 Å². The Morgan fingerprint density at radius 2 is 1.95 bits per heavy atom. The van der Waals surface area contributed by atoms with Crippen molar-refractivity contribution in [3.05, 3.63) is 47.1 Å². The number of hydrogen-bond donors (Lipinski definition) is 0. The molecule has 3 nitrogen and oxygen atoms in total. The van der Waals surface area contributed by atoms with Gasteiger partial charge in [0.1, 0.15) is 18.1 Å². The van der Waals surface area contributed by atoms with Gasteiger partial charge < -0.3 is 9.47 Å². The third kappa shape index (κ3) is 6.30. The first-order chi connectivity index (χ1) is 10.1. The molecule has 0 bridgehead atoms. The summed E-state index contributed by atoms with van der Waals surface area (Å²) < 4.78 is 10.8. The maximum absolute atomic E-state index is 10.8. The first-order valence-corrected chi connectivity index (χ1v) is 7.11. The van der Waals surface area contributed by atoms with Crippen molar-refractivity contribution in [3.63, 3.8) is 0 Å². The highest BCUT2D eigenvalue weighted by atomic mass is 16.5. The van der Waals surface area contributed by atoms with Gasteiger partial charge in [-0.25, -0.2) is 0 Å². The average molecular weight is 288 g/mol. The second-order valence-electron chi connectivity index (χ2n) is 5.20. The molecular formula is C18H24O3. The van der Waals surface area contributed by atoms with Gasteiger partial charge in [0.15, 0.2) is 6.29 Å². The zero-order chi connectivity index (χ0) is 15.7. The van der Waals surface area contributed by atoms with Crippen molar-refractivity contribution < 1.29 is 14.3 Å². The fourth-order valence-corrected chi connectivity index (χ4v) is 1.85. The molecule has 21 heavy (non-hydrogen) atoms. The van der Waals surface area contributed by atoms with Crippen LogP contribution in [0.25, 0.3) is 0 Å². The molecule has 0 N–H and O–H groups in total. The Hall–Kier alpha value is -2.03. The van der Waals surface area contributed by atoms with E-state index in [0.717, 1.165) is 19.1 Å². The maximum atomic E-state index is 10.8. The first kappa shape index (κ1) is 17.0. The number of methoxy groups -OCH3 is 1. The molecule has 0 aromatic heterocycles. The molecule has 114 valence electrons. The Bertz CT molecular complexity index is 523. The second kappa shape index (κ2) is 9.01. The van der Waals surface area contributed by atoms with Gasteiger partial charge in [0, 0.05) is 6.07 Å². The Morgan fingerprint density at radius 3 is 2.57 bits per heavy atom. The van der Waals surface area contributed by atoms with Crippen LogP contribution < -0.4 is 9.47 Å². The quantitative estimate of drug-likeness (QED) is 0.519. The lowest BCUT2D eigenvalue weighted by Gasteiger charge is -2.08. The molecule has 0 fully saturated rings. The van der Waals surface area contributed by atoms with Crippen molar-refractivity contribution >= 4 is 6.29 Å². The summed E-state index contributed by atoms with van der Waals surface area (Å²) in [5.74, 6) is 1.23. The van der Waals surface area contributed by atoms with E-state index in [0.29, 0.717) is 23.7 Å². The van der Waals surface area contributed by atoms with E-state index in [1.165, 1.54) is 11.1 Å². The fourth-order valence-electron chi connectivity index (χ4n) is 1.85. The van der Waals surface area contributed by atoms with E-state index in [9.17, 15) is 4.79 Å². The van der Waals surface area contributed by atoms with Gasteiger partial charge in [-0.05, 0) is 51.8 Å². The molecule has 0 saturated heterocycles. The van der Waals surface area contributed by atoms with E-state index < -0.39 is 0 Å². The highest BCUT2D eigenvalue weighted by Gasteiger charge is 2.03. The van der Waals surface area contributed by atoms with E-state index in [1.54, 1.807) is 25.3 Å². The highest BCUT2D eigenvalue weighted by Crippen LogP contribution is 2.23. The van der Waals surface area contributed by atoms with Crippen LogP contribution in [-0.4, -0.2) is 20.0 Å². The molecule has 0 aliphatic carbocycles. The Labute approximate surface area is 127 Å². The monoisotopic (exact) mass is 288 g/mol. The molecular weight excluding hydrogens is 264 g/mol. The summed E-state index contributed by atoms with van der Waals surface area (Å²) >= 11 is 0. The fraction of sp³-hybridized carbons (Fsp3) is 0.389. The average Bonchev–Trinajstić information content (AvgIpc) is 2.46. The lowest BCUT2D eigenvalue weighted by atomic mass is 10.1. The number of rotatable bonds is 8. The summed E-state index contributed by atoms with van der Waals surface area (Å²) in [6.07, 6.45) is 7.20. The van der Waals surface area contributed by atoms with E-state index in [2.05, 4.69) is 32.9 Å². The van der Waals surface area contributed by atoms with Gasteiger partial charge in [0.25, 0.3) is 0 Å². The summed E-state index contributed by atoms with van der Waals surface area (Å²) in [5, 5.41) is 0. The molecule has 0 unspecified atom stereocenters. The van der Waals surface area contributed by atoms with Crippen molar-refractivity contribution in [3.8, 4) is 11.5 Å². The molecule has 3 heteroatoms. The van der Waals surface area contributed by atoms with Crippen LogP contribution in [0.5, 0.6) is 11.5 Å². The van der Waals surface area contributed by atoms with Crippen molar-refractivity contribution in [1.29, 1.82) is 0 Å². The van der Waals surface area contributed by atoms with Crippen LogP contribution in [0, 0.1) is 0 Å². The van der Waals surface area contributed by atoms with Crippen LogP contribution in [-0.2, 0) is 0 Å². The predicted molar refractivity (Wildman–Crippen MR) is 86.3 cm³/mol. The molecule has 0 radical (unpaired) electrons. The van der Waals surface area contributed by atoms with Gasteiger partial charge in [-0.3, -0.25) is 4.79 Å². The number of carbonyl (C=O) groups excluding carboxylic acids is 1. The molecule has 0 saturated carbocycles. The Morgan fingerprint density at radius 1 is 1.19 bits per heavy atom. The predicted octanol–water partition coefficient (Wildman–Crippen LogP) is 4.58. The summed E-state index contributed by atoms with van der Waals surface area (Å²) in [5.41, 5.74) is 3.18. The number of allylic oxidation sites excluding steroid dienone is 3. The maximum Gasteiger partial charge on any atom is 0.153 e. The molecule has 1 rings (SSSR count). The molecule has 0 spiro atoms. The minimum Gasteiger partial charge on any atom is -0.496 e. The third-order valence-electron chi connectivity index (χ3n) is 3.10. The summed E-state index contributed by atoms with van der Waals surface area (Å²) in [4.78, 5) is 10.8. The second-order valence-corrected chi connectivity index (χ2v) is 5.20. The van der Waals surface area contributed by atoms with Crippen LogP contribution >= 0.6 is 0 Å². The molecule has 0 aliphatic heterocycles. The SMILES string of the molecule is COc1cc(OC/C=C(\C)CCC=C(C)C)ccc1C=O. The molecule has 1 aromatic rings. The van der Waals surface area contributed by atoms with Gasteiger partial charge in [-0.15, -0.1) is 0 Å². The zero-order valence-electron chi connectivity index (χ0n) is 13.3. The Kier molecular flexibility index (Phi) is 7.30. The van der Waals surface area contributed by atoms with Gasteiger partial charge in [0.2, 0.25) is 0 Å². The van der Waals surface area contributed by atoms with Gasteiger partial charge in [0.05, 0.1) is 12.7 Å². The summed E-state index contributed by atoms with van der Waals surface area (Å²) in [6, 6.07) is 5.21. The van der Waals surface area contributed by atoms with Crippen molar-refractivity contribution in [2.45, 2.75) is 33.6 Å². The van der Waals surface area contributed by atoms with E-state index in [1.807, 2.05) is 0 Å². The first-order valence-electron chi connectivity index (χ1n) is 7.11. The highest BCUT2D eigenvalue weighted by molar-refractivity contribution is 5.79. The standard InChI is InChI=1S/C18H24O3/c1-14(2)6-5-7-15(3)10-11-21-17-9-8-16(13-19)18(12-17)20-4/h6,8-10,12-13H,5,7,11H2,1-4H3/b15-10+. The van der Waals surface area contributed by atoms with E-state index in [-0.39, 0.29) is 0 Å². The minimum absolute atomic E-state index is 0.518. The number of hydrogen-bond acceptors (Lipinski definition) is 3. The number of benzene rings is 1. The molecule has 1 aromatic carbocycles. The zero-order valence-corrected chi connectivity index (χ0v) is 13.3. The van der Waals surface area contributed by atoms with Crippen LogP contribution in [0.4, 0.5) is 0 Å². The van der Waals surface area contributed by atoms with Gasteiger partial charge >= 0.3 is 0 Å². The van der Waals surface area contributed by atoms with Crippen molar-refractivity contribution in [1.82, 2.24) is 0 Å². The van der Waals surface area contributed by atoms with Crippen LogP contribution in [0.3, 0.4) is 0 Å². The normalized spacial score (nSPS) is 11.0. The van der Waals surface area contributed by atoms with Crippen molar-refractivity contribution in [2.75, 3.05) is 13.7 Å². The number of carbonyl (C=O) groups is 1. The lowest BCUT2D eigenvalue weighted by Crippen LogP contribution is -1.97. The van der Waals surface area contributed by atoms with Gasteiger partial charge in [-0.2, -0.15) is 0 Å². The number of aldehydes is 1. The van der Waals surface area contributed by atoms with Crippen LogP contribution in [0.2, 0.25) is 0 Å². The minimum atomic E-state index is 0.518. The number of ether oxygens (including phenoxy) is 2. The Balaban J connectivity index is 2.51. The molecule has 0 atom stereocenters. The van der Waals surface area contributed by atoms with Gasteiger partial charge in [-0.1, -0.05) is 17.2 Å². The van der Waals surface area contributed by atoms with Crippen LogP contribution in [0.1, 0.15) is 44.0 Å². The van der Waals surface area contributed by atoms with E-state index in [4.69, 9.17) is 9.47 Å². The lowest BCUT2D eigenvalue weighted by molar-refractivity contribution is 0.112. The molecule has 0 aliphatic rings. The molecule has 0 heterocycles. The van der Waals surface area contributed by atoms with Crippen molar-refractivity contribution in [2.24, 2.45) is 0 Å². The smallest absolute Gasteiger partial charge is 0.153 e. The third-order valence-corrected chi connectivity index (χ3v) is 3.10. The van der Waals surface area contributed by atoms with Crippen LogP contribution in [0.15, 0.2) is 41.5 Å². The topological polar surface area (TPSA) is 35.5 Å².